The fourth-order valence-electron chi connectivity index (χ4n) is 2.87. The number of hydrogen-bond donors (Lipinski definition) is 1. The van der Waals surface area contributed by atoms with Crippen molar-refractivity contribution in [3.8, 4) is 5.75 Å². The van der Waals surface area contributed by atoms with Crippen molar-refractivity contribution in [1.29, 1.82) is 0 Å². The van der Waals surface area contributed by atoms with E-state index in [9.17, 15) is 9.90 Å². The summed E-state index contributed by atoms with van der Waals surface area (Å²) in [6.45, 7) is 11.9. The number of nitrogens with zero attached hydrogens (tertiary/aromatic N) is 1. The molecule has 1 aromatic rings. The Morgan fingerprint density at radius 2 is 1.77 bits per heavy atom. The number of rotatable bonds is 3. The second-order valence-electron chi connectivity index (χ2n) is 6.75. The largest absolute Gasteiger partial charge is 0.507 e. The number of phenolic OH excluding ortho intramolecular Hbond substituents is 1. The summed E-state index contributed by atoms with van der Waals surface area (Å²) >= 11 is 0. The molecule has 1 fully saturated rings. The standard InChI is InChI=1S/C18H27NO3/c1-11(2)15-8-14(9-16(12(3)4)17(15)20)18(21)19-6-7-22-13(5)10-19/h8-9,11-13,20H,6-7,10H2,1-5H3. The highest BCUT2D eigenvalue weighted by Crippen LogP contribution is 2.35. The molecule has 1 amide bonds. The second-order valence-corrected chi connectivity index (χ2v) is 6.75. The second kappa shape index (κ2) is 6.69. The van der Waals surface area contributed by atoms with Crippen molar-refractivity contribution >= 4 is 5.91 Å². The number of carbonyl (C=O) groups excluding carboxylic acids is 1. The summed E-state index contributed by atoms with van der Waals surface area (Å²) in [7, 11) is 0. The molecule has 4 heteroatoms. The van der Waals surface area contributed by atoms with E-state index in [0.29, 0.717) is 31.0 Å². The van der Waals surface area contributed by atoms with Crippen molar-refractivity contribution in [3.63, 3.8) is 0 Å². The summed E-state index contributed by atoms with van der Waals surface area (Å²) in [5.74, 6) is 0.707. The maximum atomic E-state index is 12.8. The third-order valence-electron chi connectivity index (χ3n) is 4.19. The summed E-state index contributed by atoms with van der Waals surface area (Å²) in [6.07, 6.45) is 0.0731. The quantitative estimate of drug-likeness (QED) is 0.930. The van der Waals surface area contributed by atoms with E-state index in [2.05, 4.69) is 0 Å². The minimum Gasteiger partial charge on any atom is -0.507 e. The Morgan fingerprint density at radius 1 is 1.23 bits per heavy atom. The molecule has 0 saturated carbocycles. The van der Waals surface area contributed by atoms with Crippen molar-refractivity contribution in [3.05, 3.63) is 28.8 Å². The lowest BCUT2D eigenvalue weighted by Crippen LogP contribution is -2.44. The highest BCUT2D eigenvalue weighted by atomic mass is 16.5. The van der Waals surface area contributed by atoms with Crippen LogP contribution in [0, 0.1) is 0 Å². The van der Waals surface area contributed by atoms with E-state index >= 15 is 0 Å². The Morgan fingerprint density at radius 3 is 2.23 bits per heavy atom. The fraction of sp³-hybridized carbons (Fsp3) is 0.611. The number of phenols is 1. The van der Waals surface area contributed by atoms with Crippen LogP contribution in [0.2, 0.25) is 0 Å². The van der Waals surface area contributed by atoms with E-state index in [-0.39, 0.29) is 23.8 Å². The van der Waals surface area contributed by atoms with Crippen LogP contribution in [0.15, 0.2) is 12.1 Å². The van der Waals surface area contributed by atoms with Gasteiger partial charge in [0.15, 0.2) is 0 Å². The van der Waals surface area contributed by atoms with Crippen LogP contribution in [-0.2, 0) is 4.74 Å². The van der Waals surface area contributed by atoms with Crippen molar-refractivity contribution in [2.24, 2.45) is 0 Å². The molecule has 1 heterocycles. The molecule has 1 aromatic carbocycles. The highest BCUT2D eigenvalue weighted by Gasteiger charge is 2.25. The first kappa shape index (κ1) is 16.8. The number of hydrogen-bond acceptors (Lipinski definition) is 3. The number of amides is 1. The van der Waals surface area contributed by atoms with Gasteiger partial charge in [-0.15, -0.1) is 0 Å². The zero-order valence-corrected chi connectivity index (χ0v) is 14.2. The Kier molecular flexibility index (Phi) is 5.12. The molecule has 1 aliphatic heterocycles. The minimum atomic E-state index is 0.0268. The van der Waals surface area contributed by atoms with Gasteiger partial charge in [-0.3, -0.25) is 4.79 Å². The van der Waals surface area contributed by atoms with E-state index in [4.69, 9.17) is 4.74 Å². The molecule has 0 bridgehead atoms. The molecule has 1 atom stereocenters. The molecule has 1 saturated heterocycles. The molecule has 4 nitrogen and oxygen atoms in total. The molecule has 0 radical (unpaired) electrons. The lowest BCUT2D eigenvalue weighted by atomic mass is 9.91. The first-order valence-corrected chi connectivity index (χ1v) is 8.09. The lowest BCUT2D eigenvalue weighted by Gasteiger charge is -2.31. The molecule has 0 aliphatic carbocycles. The van der Waals surface area contributed by atoms with Crippen molar-refractivity contribution in [2.45, 2.75) is 52.6 Å². The van der Waals surface area contributed by atoms with E-state index < -0.39 is 0 Å². The van der Waals surface area contributed by atoms with Gasteiger partial charge in [0.25, 0.3) is 5.91 Å². The average Bonchev–Trinajstić information content (AvgIpc) is 2.46. The van der Waals surface area contributed by atoms with Crippen LogP contribution < -0.4 is 0 Å². The first-order chi connectivity index (χ1) is 10.3. The molecular formula is C18H27NO3. The predicted octanol–water partition coefficient (Wildman–Crippen LogP) is 3.50. The molecule has 1 N–H and O–H groups in total. The number of ether oxygens (including phenoxy) is 1. The SMILES string of the molecule is CC1CN(C(=O)c2cc(C(C)C)c(O)c(C(C)C)c2)CCO1. The van der Waals surface area contributed by atoms with Gasteiger partial charge in [0.2, 0.25) is 0 Å². The number of benzene rings is 1. The molecule has 1 aliphatic rings. The summed E-state index contributed by atoms with van der Waals surface area (Å²) in [5.41, 5.74) is 2.35. The molecule has 1 unspecified atom stereocenters. The van der Waals surface area contributed by atoms with Gasteiger partial charge in [-0.05, 0) is 42.0 Å². The van der Waals surface area contributed by atoms with Crippen LogP contribution in [0.5, 0.6) is 5.75 Å². The minimum absolute atomic E-state index is 0.0268. The Bertz CT molecular complexity index is 522. The molecule has 122 valence electrons. The average molecular weight is 305 g/mol. The monoisotopic (exact) mass is 305 g/mol. The Balaban J connectivity index is 2.39. The van der Waals surface area contributed by atoms with Gasteiger partial charge in [0.05, 0.1) is 12.7 Å². The maximum Gasteiger partial charge on any atom is 0.254 e. The van der Waals surface area contributed by atoms with E-state index in [1.54, 1.807) is 0 Å². The van der Waals surface area contributed by atoms with Crippen LogP contribution in [0.4, 0.5) is 0 Å². The van der Waals surface area contributed by atoms with Gasteiger partial charge >= 0.3 is 0 Å². The summed E-state index contributed by atoms with van der Waals surface area (Å²) in [5, 5.41) is 10.4. The Labute approximate surface area is 133 Å². The third-order valence-corrected chi connectivity index (χ3v) is 4.19. The number of morpholine rings is 1. The van der Waals surface area contributed by atoms with E-state index in [0.717, 1.165) is 11.1 Å². The zero-order valence-electron chi connectivity index (χ0n) is 14.2. The van der Waals surface area contributed by atoms with E-state index in [1.807, 2.05) is 51.7 Å². The summed E-state index contributed by atoms with van der Waals surface area (Å²) in [6, 6.07) is 3.68. The molecule has 0 aromatic heterocycles. The zero-order chi connectivity index (χ0) is 16.4. The smallest absolute Gasteiger partial charge is 0.254 e. The van der Waals surface area contributed by atoms with Gasteiger partial charge in [-0.25, -0.2) is 0 Å². The third kappa shape index (κ3) is 3.43. The van der Waals surface area contributed by atoms with Crippen LogP contribution >= 0.6 is 0 Å². The van der Waals surface area contributed by atoms with Gasteiger partial charge in [-0.2, -0.15) is 0 Å². The van der Waals surface area contributed by atoms with Gasteiger partial charge in [-0.1, -0.05) is 27.7 Å². The number of carbonyl (C=O) groups is 1. The molecule has 22 heavy (non-hydrogen) atoms. The van der Waals surface area contributed by atoms with Crippen LogP contribution in [0.25, 0.3) is 0 Å². The van der Waals surface area contributed by atoms with Crippen LogP contribution in [0.1, 0.15) is 67.9 Å². The Hall–Kier alpha value is -1.55. The molecule has 2 rings (SSSR count). The molecular weight excluding hydrogens is 278 g/mol. The summed E-state index contributed by atoms with van der Waals surface area (Å²) in [4.78, 5) is 14.6. The van der Waals surface area contributed by atoms with Gasteiger partial charge < -0.3 is 14.7 Å². The normalized spacial score (nSPS) is 19.0. The van der Waals surface area contributed by atoms with Crippen LogP contribution in [-0.4, -0.2) is 41.7 Å². The summed E-state index contributed by atoms with van der Waals surface area (Å²) < 4.78 is 5.50. The van der Waals surface area contributed by atoms with E-state index in [1.165, 1.54) is 0 Å². The maximum absolute atomic E-state index is 12.8. The van der Waals surface area contributed by atoms with Gasteiger partial charge in [0.1, 0.15) is 5.75 Å². The topological polar surface area (TPSA) is 49.8 Å². The number of aromatic hydroxyl groups is 1. The lowest BCUT2D eigenvalue weighted by molar-refractivity contribution is -0.0124. The van der Waals surface area contributed by atoms with Crippen molar-refractivity contribution < 1.29 is 14.6 Å². The molecule has 0 spiro atoms. The van der Waals surface area contributed by atoms with Crippen molar-refractivity contribution in [1.82, 2.24) is 4.90 Å². The van der Waals surface area contributed by atoms with Crippen molar-refractivity contribution in [2.75, 3.05) is 19.7 Å². The highest BCUT2D eigenvalue weighted by molar-refractivity contribution is 5.95. The van der Waals surface area contributed by atoms with Gasteiger partial charge in [0, 0.05) is 18.7 Å². The fourth-order valence-corrected chi connectivity index (χ4v) is 2.87. The predicted molar refractivity (Wildman–Crippen MR) is 87.6 cm³/mol. The van der Waals surface area contributed by atoms with Crippen LogP contribution in [0.3, 0.4) is 0 Å². The first-order valence-electron chi connectivity index (χ1n) is 8.09.